The number of carbonyl (C=O) groups is 2. The fraction of sp³-hybridized carbons (Fsp3) is 0.579. The van der Waals surface area contributed by atoms with Gasteiger partial charge in [0, 0.05) is 0 Å². The molecule has 3 rings (SSSR count). The lowest BCUT2D eigenvalue weighted by molar-refractivity contribution is -0.134. The number of amides is 2. The monoisotopic (exact) mass is 330 g/mol. The number of ether oxygens (including phenoxy) is 1. The summed E-state index contributed by atoms with van der Waals surface area (Å²) in [6.07, 6.45) is 4.42. The molecule has 130 valence electrons. The van der Waals surface area contributed by atoms with Crippen LogP contribution in [0.2, 0.25) is 0 Å². The van der Waals surface area contributed by atoms with Crippen LogP contribution in [0.1, 0.15) is 38.2 Å². The van der Waals surface area contributed by atoms with Gasteiger partial charge in [-0.1, -0.05) is 50.1 Å². The van der Waals surface area contributed by atoms with Gasteiger partial charge in [0.1, 0.15) is 6.61 Å². The van der Waals surface area contributed by atoms with Crippen LogP contribution in [0.5, 0.6) is 0 Å². The van der Waals surface area contributed by atoms with E-state index in [9.17, 15) is 9.59 Å². The van der Waals surface area contributed by atoms with Gasteiger partial charge in [0.15, 0.2) is 0 Å². The fourth-order valence-corrected chi connectivity index (χ4v) is 4.15. The summed E-state index contributed by atoms with van der Waals surface area (Å²) in [4.78, 5) is 26.7. The third kappa shape index (κ3) is 3.18. The topological polar surface area (TPSA) is 58.6 Å². The first kappa shape index (κ1) is 17.0. The highest BCUT2D eigenvalue weighted by atomic mass is 16.6. The van der Waals surface area contributed by atoms with Gasteiger partial charge < -0.3 is 10.1 Å². The van der Waals surface area contributed by atoms with Crippen LogP contribution in [-0.4, -0.2) is 42.6 Å². The Bertz CT molecular complexity index is 596. The molecule has 0 unspecified atom stereocenters. The van der Waals surface area contributed by atoms with Crippen LogP contribution in [0.15, 0.2) is 30.3 Å². The first-order chi connectivity index (χ1) is 11.5. The molecule has 1 aliphatic heterocycles. The largest absolute Gasteiger partial charge is 0.447 e. The molecule has 0 aromatic heterocycles. The minimum absolute atomic E-state index is 0.0913. The van der Waals surface area contributed by atoms with Crippen molar-refractivity contribution in [1.29, 1.82) is 0 Å². The van der Waals surface area contributed by atoms with Gasteiger partial charge in [-0.25, -0.2) is 9.69 Å². The van der Waals surface area contributed by atoms with Crippen LogP contribution < -0.4 is 5.32 Å². The second-order valence-electron chi connectivity index (χ2n) is 7.21. The first-order valence-electron chi connectivity index (χ1n) is 8.76. The van der Waals surface area contributed by atoms with E-state index in [4.69, 9.17) is 4.74 Å². The molecule has 0 spiro atoms. The molecule has 24 heavy (non-hydrogen) atoms. The van der Waals surface area contributed by atoms with Gasteiger partial charge in [0.05, 0.1) is 12.1 Å². The molecule has 1 aliphatic carbocycles. The normalized spacial score (nSPS) is 24.0. The van der Waals surface area contributed by atoms with Gasteiger partial charge >= 0.3 is 6.09 Å². The Morgan fingerprint density at radius 1 is 1.33 bits per heavy atom. The van der Waals surface area contributed by atoms with E-state index in [1.165, 1.54) is 4.90 Å². The molecule has 1 saturated heterocycles. The molecule has 1 aromatic rings. The zero-order valence-corrected chi connectivity index (χ0v) is 14.5. The van der Waals surface area contributed by atoms with Crippen molar-refractivity contribution in [2.75, 3.05) is 13.7 Å². The molecule has 0 radical (unpaired) electrons. The lowest BCUT2D eigenvalue weighted by Crippen LogP contribution is -2.55. The van der Waals surface area contributed by atoms with Crippen LogP contribution >= 0.6 is 0 Å². The number of hydrogen-bond acceptors (Lipinski definition) is 4. The van der Waals surface area contributed by atoms with Crippen LogP contribution in [0.25, 0.3) is 0 Å². The summed E-state index contributed by atoms with van der Waals surface area (Å²) < 4.78 is 5.20. The van der Waals surface area contributed by atoms with E-state index in [1.54, 1.807) is 7.05 Å². The Hall–Kier alpha value is -1.88. The third-order valence-electron chi connectivity index (χ3n) is 5.49. The summed E-state index contributed by atoms with van der Waals surface area (Å²) in [5.41, 5.74) is 1.01. The molecule has 5 heteroatoms. The van der Waals surface area contributed by atoms with Gasteiger partial charge in [-0.05, 0) is 37.3 Å². The van der Waals surface area contributed by atoms with Crippen LogP contribution in [0.3, 0.4) is 0 Å². The predicted octanol–water partition coefficient (Wildman–Crippen LogP) is 2.74. The van der Waals surface area contributed by atoms with Crippen molar-refractivity contribution in [3.63, 3.8) is 0 Å². The highest BCUT2D eigenvalue weighted by Gasteiger charge is 2.47. The Kier molecular flexibility index (Phi) is 4.90. The number of likely N-dealkylation sites (N-methyl/N-ethyl adjacent to an activating group) is 1. The van der Waals surface area contributed by atoms with E-state index >= 15 is 0 Å². The number of imide groups is 1. The number of rotatable bonds is 5. The molecule has 2 amide bonds. The van der Waals surface area contributed by atoms with Crippen molar-refractivity contribution in [2.24, 2.45) is 5.41 Å². The minimum atomic E-state index is -0.511. The highest BCUT2D eigenvalue weighted by molar-refractivity contribution is 5.97. The highest BCUT2D eigenvalue weighted by Crippen LogP contribution is 2.41. The van der Waals surface area contributed by atoms with Gasteiger partial charge in [-0.3, -0.25) is 4.79 Å². The molecular weight excluding hydrogens is 304 g/mol. The summed E-state index contributed by atoms with van der Waals surface area (Å²) in [6.45, 7) is 2.42. The van der Waals surface area contributed by atoms with E-state index in [2.05, 4.69) is 12.2 Å². The Labute approximate surface area is 143 Å². The fourth-order valence-electron chi connectivity index (χ4n) is 4.15. The molecule has 2 atom stereocenters. The number of benzene rings is 1. The summed E-state index contributed by atoms with van der Waals surface area (Å²) in [6, 6.07) is 9.35. The maximum Gasteiger partial charge on any atom is 0.417 e. The average Bonchev–Trinajstić information content (AvgIpc) is 3.16. The summed E-state index contributed by atoms with van der Waals surface area (Å²) in [7, 11) is 1.81. The van der Waals surface area contributed by atoms with Crippen LogP contribution in [0.4, 0.5) is 4.79 Å². The summed E-state index contributed by atoms with van der Waals surface area (Å²) >= 11 is 0. The molecule has 1 saturated carbocycles. The standard InChI is InChI=1S/C19H26N2O3/c1-19(10-6-7-11-19)16(20-2)17(22)21-15(13-24-18(21)23)12-14-8-4-3-5-9-14/h3-5,8-9,15-16,20H,6-7,10-13H2,1-2H3/t15-,16+/m0/s1. The van der Waals surface area contributed by atoms with Crippen molar-refractivity contribution in [3.05, 3.63) is 35.9 Å². The van der Waals surface area contributed by atoms with Crippen LogP contribution in [-0.2, 0) is 16.0 Å². The van der Waals surface area contributed by atoms with E-state index in [0.29, 0.717) is 6.42 Å². The number of nitrogens with zero attached hydrogens (tertiary/aromatic N) is 1. The van der Waals surface area contributed by atoms with E-state index in [-0.39, 0.29) is 30.0 Å². The number of nitrogens with one attached hydrogen (secondary N) is 1. The average molecular weight is 330 g/mol. The number of cyclic esters (lactones) is 1. The summed E-state index contributed by atoms with van der Waals surface area (Å²) in [5.74, 6) is -0.148. The Morgan fingerprint density at radius 3 is 2.62 bits per heavy atom. The van der Waals surface area contributed by atoms with E-state index < -0.39 is 6.09 Å². The van der Waals surface area contributed by atoms with Gasteiger partial charge in [0.25, 0.3) is 0 Å². The van der Waals surface area contributed by atoms with Crippen molar-refractivity contribution < 1.29 is 14.3 Å². The van der Waals surface area contributed by atoms with Crippen molar-refractivity contribution in [3.8, 4) is 0 Å². The Morgan fingerprint density at radius 2 is 2.00 bits per heavy atom. The predicted molar refractivity (Wildman–Crippen MR) is 91.6 cm³/mol. The summed E-state index contributed by atoms with van der Waals surface area (Å²) in [5, 5.41) is 3.17. The van der Waals surface area contributed by atoms with Gasteiger partial charge in [-0.2, -0.15) is 0 Å². The molecule has 0 bridgehead atoms. The molecule has 1 heterocycles. The molecule has 2 fully saturated rings. The maximum absolute atomic E-state index is 13.1. The lowest BCUT2D eigenvalue weighted by atomic mass is 9.79. The van der Waals surface area contributed by atoms with Crippen molar-refractivity contribution in [1.82, 2.24) is 10.2 Å². The zero-order valence-electron chi connectivity index (χ0n) is 14.5. The lowest BCUT2D eigenvalue weighted by Gasteiger charge is -2.35. The van der Waals surface area contributed by atoms with Gasteiger partial charge in [0.2, 0.25) is 5.91 Å². The molecule has 2 aliphatic rings. The minimum Gasteiger partial charge on any atom is -0.447 e. The Balaban J connectivity index is 1.79. The second-order valence-corrected chi connectivity index (χ2v) is 7.21. The van der Waals surface area contributed by atoms with Crippen molar-refractivity contribution >= 4 is 12.0 Å². The van der Waals surface area contributed by atoms with Crippen molar-refractivity contribution in [2.45, 2.75) is 51.1 Å². The first-order valence-corrected chi connectivity index (χ1v) is 8.76. The second kappa shape index (κ2) is 6.93. The van der Waals surface area contributed by atoms with E-state index in [1.807, 2.05) is 30.3 Å². The molecule has 1 N–H and O–H groups in total. The van der Waals surface area contributed by atoms with Gasteiger partial charge in [-0.15, -0.1) is 0 Å². The third-order valence-corrected chi connectivity index (χ3v) is 5.49. The molecule has 5 nitrogen and oxygen atoms in total. The maximum atomic E-state index is 13.1. The SMILES string of the molecule is CN[C@H](C(=O)N1C(=O)OC[C@@H]1Cc1ccccc1)C1(C)CCCC1. The number of carbonyl (C=O) groups excluding carboxylic acids is 2. The molecule has 1 aromatic carbocycles. The number of hydrogen-bond donors (Lipinski definition) is 1. The van der Waals surface area contributed by atoms with Crippen LogP contribution in [0, 0.1) is 5.41 Å². The molecular formula is C19H26N2O3. The smallest absolute Gasteiger partial charge is 0.417 e. The van der Waals surface area contributed by atoms with E-state index in [0.717, 1.165) is 31.2 Å². The quantitative estimate of drug-likeness (QED) is 0.902. The zero-order chi connectivity index (χ0) is 17.2.